The molecule has 19 heavy (non-hydrogen) atoms. The van der Waals surface area contributed by atoms with Crippen LogP contribution in [0.15, 0.2) is 4.99 Å². The number of aliphatic imine (C=N–C) groups is 1. The molecule has 0 radical (unpaired) electrons. The van der Waals surface area contributed by atoms with Gasteiger partial charge in [0.15, 0.2) is 5.96 Å². The Bertz CT molecular complexity index is 280. The van der Waals surface area contributed by atoms with Crippen molar-refractivity contribution in [3.63, 3.8) is 0 Å². The average Bonchev–Trinajstić information content (AvgIpc) is 2.31. The SMILES string of the molecule is CN=C(NCCNC(=O)C(C)C)NC(C)C(C)C.I. The van der Waals surface area contributed by atoms with Crippen LogP contribution in [0.3, 0.4) is 0 Å². The molecular formula is C13H29IN4O. The number of rotatable bonds is 6. The zero-order valence-electron chi connectivity index (χ0n) is 12.9. The van der Waals surface area contributed by atoms with Crippen molar-refractivity contribution in [2.24, 2.45) is 16.8 Å². The van der Waals surface area contributed by atoms with Crippen LogP contribution in [0.1, 0.15) is 34.6 Å². The third kappa shape index (κ3) is 9.98. The molecule has 0 fully saturated rings. The highest BCUT2D eigenvalue weighted by atomic mass is 127. The summed E-state index contributed by atoms with van der Waals surface area (Å²) in [5.41, 5.74) is 0. The van der Waals surface area contributed by atoms with Crippen LogP contribution in [0.5, 0.6) is 0 Å². The molecule has 5 nitrogen and oxygen atoms in total. The van der Waals surface area contributed by atoms with Crippen LogP contribution in [0.25, 0.3) is 0 Å². The lowest BCUT2D eigenvalue weighted by atomic mass is 10.1. The van der Waals surface area contributed by atoms with Gasteiger partial charge in [-0.05, 0) is 12.8 Å². The molecule has 1 amide bonds. The van der Waals surface area contributed by atoms with E-state index in [-0.39, 0.29) is 35.8 Å². The van der Waals surface area contributed by atoms with Gasteiger partial charge >= 0.3 is 0 Å². The number of carbonyl (C=O) groups excluding carboxylic acids is 1. The predicted molar refractivity (Wildman–Crippen MR) is 92.1 cm³/mol. The van der Waals surface area contributed by atoms with Crippen molar-refractivity contribution in [1.82, 2.24) is 16.0 Å². The largest absolute Gasteiger partial charge is 0.355 e. The fourth-order valence-electron chi connectivity index (χ4n) is 1.15. The second-order valence-corrected chi connectivity index (χ2v) is 5.12. The lowest BCUT2D eigenvalue weighted by Gasteiger charge is -2.20. The summed E-state index contributed by atoms with van der Waals surface area (Å²) >= 11 is 0. The third-order valence-corrected chi connectivity index (χ3v) is 2.83. The van der Waals surface area contributed by atoms with E-state index in [9.17, 15) is 4.79 Å². The van der Waals surface area contributed by atoms with Gasteiger partial charge in [0.05, 0.1) is 0 Å². The molecule has 114 valence electrons. The molecule has 0 bridgehead atoms. The van der Waals surface area contributed by atoms with Crippen LogP contribution in [0, 0.1) is 11.8 Å². The van der Waals surface area contributed by atoms with Gasteiger partial charge in [-0.3, -0.25) is 9.79 Å². The summed E-state index contributed by atoms with van der Waals surface area (Å²) in [6.07, 6.45) is 0. The summed E-state index contributed by atoms with van der Waals surface area (Å²) in [4.78, 5) is 15.5. The Labute approximate surface area is 134 Å². The summed E-state index contributed by atoms with van der Waals surface area (Å²) < 4.78 is 0. The number of nitrogens with zero attached hydrogens (tertiary/aromatic N) is 1. The molecule has 0 rings (SSSR count). The summed E-state index contributed by atoms with van der Waals surface area (Å²) in [6, 6.07) is 0.362. The summed E-state index contributed by atoms with van der Waals surface area (Å²) in [6.45, 7) is 11.5. The number of halogens is 1. The van der Waals surface area contributed by atoms with E-state index in [0.29, 0.717) is 25.0 Å². The fourth-order valence-corrected chi connectivity index (χ4v) is 1.15. The van der Waals surface area contributed by atoms with Gasteiger partial charge in [0.2, 0.25) is 5.91 Å². The van der Waals surface area contributed by atoms with E-state index >= 15 is 0 Å². The van der Waals surface area contributed by atoms with E-state index in [1.807, 2.05) is 13.8 Å². The smallest absolute Gasteiger partial charge is 0.222 e. The zero-order chi connectivity index (χ0) is 14.1. The van der Waals surface area contributed by atoms with Crippen molar-refractivity contribution >= 4 is 35.8 Å². The Morgan fingerprint density at radius 1 is 1.05 bits per heavy atom. The molecule has 1 unspecified atom stereocenters. The van der Waals surface area contributed by atoms with Crippen molar-refractivity contribution < 1.29 is 4.79 Å². The molecule has 0 aliphatic carbocycles. The number of hydrogen-bond acceptors (Lipinski definition) is 2. The number of nitrogens with one attached hydrogen (secondary N) is 3. The third-order valence-electron chi connectivity index (χ3n) is 2.83. The highest BCUT2D eigenvalue weighted by molar-refractivity contribution is 14.0. The van der Waals surface area contributed by atoms with E-state index in [1.165, 1.54) is 0 Å². The molecule has 1 atom stereocenters. The standard InChI is InChI=1S/C13H28N4O.HI/c1-9(2)11(5)17-13(14-6)16-8-7-15-12(18)10(3)4;/h9-11H,7-8H2,1-6H3,(H,15,18)(H2,14,16,17);1H. The minimum atomic E-state index is 0. The molecule has 0 aromatic heterocycles. The van der Waals surface area contributed by atoms with Crippen molar-refractivity contribution in [2.75, 3.05) is 20.1 Å². The van der Waals surface area contributed by atoms with Gasteiger partial charge in [-0.25, -0.2) is 0 Å². The maximum absolute atomic E-state index is 11.3. The van der Waals surface area contributed by atoms with Crippen LogP contribution >= 0.6 is 24.0 Å². The minimum absolute atomic E-state index is 0. The second-order valence-electron chi connectivity index (χ2n) is 5.12. The van der Waals surface area contributed by atoms with Crippen LogP contribution in [0.2, 0.25) is 0 Å². The molecule has 0 heterocycles. The lowest BCUT2D eigenvalue weighted by Crippen LogP contribution is -2.46. The molecule has 6 heteroatoms. The zero-order valence-corrected chi connectivity index (χ0v) is 15.2. The Kier molecular flexibility index (Phi) is 12.4. The van der Waals surface area contributed by atoms with E-state index in [0.717, 1.165) is 5.96 Å². The van der Waals surface area contributed by atoms with Crippen molar-refractivity contribution in [1.29, 1.82) is 0 Å². The highest BCUT2D eigenvalue weighted by Crippen LogP contribution is 1.98. The predicted octanol–water partition coefficient (Wildman–Crippen LogP) is 1.59. The molecule has 0 spiro atoms. The molecule has 0 aromatic carbocycles. The Balaban J connectivity index is 0. The Hall–Kier alpha value is -0.530. The van der Waals surface area contributed by atoms with Gasteiger partial charge in [-0.1, -0.05) is 27.7 Å². The first-order valence-corrected chi connectivity index (χ1v) is 6.63. The second kappa shape index (κ2) is 11.3. The Morgan fingerprint density at radius 2 is 1.58 bits per heavy atom. The summed E-state index contributed by atoms with van der Waals surface area (Å²) in [7, 11) is 1.75. The quantitative estimate of drug-likeness (QED) is 0.282. The number of amides is 1. The van der Waals surface area contributed by atoms with E-state index in [4.69, 9.17) is 0 Å². The maximum atomic E-state index is 11.3. The maximum Gasteiger partial charge on any atom is 0.222 e. The van der Waals surface area contributed by atoms with Gasteiger partial charge in [0.1, 0.15) is 0 Å². The van der Waals surface area contributed by atoms with Crippen LogP contribution in [0.4, 0.5) is 0 Å². The molecule has 3 N–H and O–H groups in total. The van der Waals surface area contributed by atoms with Gasteiger partial charge < -0.3 is 16.0 Å². The van der Waals surface area contributed by atoms with Crippen molar-refractivity contribution in [3.8, 4) is 0 Å². The monoisotopic (exact) mass is 384 g/mol. The molecule has 0 saturated carbocycles. The minimum Gasteiger partial charge on any atom is -0.355 e. The Morgan fingerprint density at radius 3 is 2.00 bits per heavy atom. The fraction of sp³-hybridized carbons (Fsp3) is 0.846. The van der Waals surface area contributed by atoms with Crippen LogP contribution in [-0.2, 0) is 4.79 Å². The molecule has 0 aliphatic rings. The summed E-state index contributed by atoms with van der Waals surface area (Å²) in [5, 5.41) is 9.33. The molecule has 0 saturated heterocycles. The van der Waals surface area contributed by atoms with Crippen molar-refractivity contribution in [3.05, 3.63) is 0 Å². The number of hydrogen-bond donors (Lipinski definition) is 3. The average molecular weight is 384 g/mol. The lowest BCUT2D eigenvalue weighted by molar-refractivity contribution is -0.123. The topological polar surface area (TPSA) is 65.5 Å². The van der Waals surface area contributed by atoms with Gasteiger partial charge in [-0.2, -0.15) is 0 Å². The molecule has 0 aliphatic heterocycles. The molecular weight excluding hydrogens is 355 g/mol. The van der Waals surface area contributed by atoms with Gasteiger partial charge in [0, 0.05) is 32.1 Å². The molecule has 0 aromatic rings. The van der Waals surface area contributed by atoms with Gasteiger partial charge in [0.25, 0.3) is 0 Å². The number of carbonyl (C=O) groups is 1. The van der Waals surface area contributed by atoms with E-state index in [2.05, 4.69) is 41.7 Å². The van der Waals surface area contributed by atoms with Crippen LogP contribution in [-0.4, -0.2) is 38.0 Å². The first kappa shape index (κ1) is 20.8. The van der Waals surface area contributed by atoms with E-state index < -0.39 is 0 Å². The first-order valence-electron chi connectivity index (χ1n) is 6.63. The van der Waals surface area contributed by atoms with Gasteiger partial charge in [-0.15, -0.1) is 24.0 Å². The summed E-state index contributed by atoms with van der Waals surface area (Å²) in [5.74, 6) is 1.43. The van der Waals surface area contributed by atoms with Crippen LogP contribution < -0.4 is 16.0 Å². The van der Waals surface area contributed by atoms with E-state index in [1.54, 1.807) is 7.05 Å². The number of guanidine groups is 1. The normalized spacial score (nSPS) is 12.9. The highest BCUT2D eigenvalue weighted by Gasteiger charge is 2.09. The van der Waals surface area contributed by atoms with Crippen molar-refractivity contribution in [2.45, 2.75) is 40.7 Å². The first-order chi connectivity index (χ1) is 8.38.